The Morgan fingerprint density at radius 2 is 2.17 bits per heavy atom. The monoisotopic (exact) mass is 243 g/mol. The molecule has 1 aromatic carbocycles. The second-order valence-electron chi connectivity index (χ2n) is 2.01. The molecule has 2 N–H and O–H groups in total. The van der Waals surface area contributed by atoms with Crippen LogP contribution in [0.15, 0.2) is 16.6 Å². The molecule has 2 nitrogen and oxygen atoms in total. The maximum absolute atomic E-state index is 12.7. The maximum Gasteiger partial charge on any atom is 1.00 e. The Kier molecular flexibility index (Phi) is 5.16. The van der Waals surface area contributed by atoms with Crippen LogP contribution in [0.2, 0.25) is 0 Å². The van der Waals surface area contributed by atoms with E-state index in [1.165, 1.54) is 19.2 Å². The van der Waals surface area contributed by atoms with E-state index in [9.17, 15) is 4.39 Å². The number of ether oxygens (including phenoxy) is 1. The van der Waals surface area contributed by atoms with Crippen molar-refractivity contribution >= 4 is 21.6 Å². The minimum atomic E-state index is -0.386. The molecule has 0 bridgehead atoms. The Hall–Kier alpha value is 0.230. The predicted molar refractivity (Wildman–Crippen MR) is 46.2 cm³/mol. The zero-order chi connectivity index (χ0) is 8.43. The van der Waals surface area contributed by atoms with Crippen molar-refractivity contribution in [1.82, 2.24) is 0 Å². The fourth-order valence-corrected chi connectivity index (χ4v) is 1.04. The molecule has 0 radical (unpaired) electrons. The summed E-state index contributed by atoms with van der Waals surface area (Å²) < 4.78 is 17.9. The zero-order valence-corrected chi connectivity index (χ0v) is 10.5. The number of rotatable bonds is 1. The molecule has 12 heavy (non-hydrogen) atoms. The van der Waals surface area contributed by atoms with Crippen molar-refractivity contribution in [2.24, 2.45) is 0 Å². The maximum atomic E-state index is 12.7. The average Bonchev–Trinajstić information content (AvgIpc) is 1.97. The Morgan fingerprint density at radius 1 is 1.58 bits per heavy atom. The Bertz CT molecular complexity index is 287. The molecule has 0 saturated carbocycles. The normalized spacial score (nSPS) is 8.92. The molecular weight excluding hydrogens is 236 g/mol. The third kappa shape index (κ3) is 2.62. The molecule has 0 saturated heterocycles. The third-order valence-electron chi connectivity index (χ3n) is 1.27. The van der Waals surface area contributed by atoms with Gasteiger partial charge < -0.3 is 11.9 Å². The summed E-state index contributed by atoms with van der Waals surface area (Å²) in [5.41, 5.74) is 5.71. The van der Waals surface area contributed by atoms with Crippen LogP contribution in [0.5, 0.6) is 5.75 Å². The molecule has 0 fully saturated rings. The largest absolute Gasteiger partial charge is 1.00 e. The van der Waals surface area contributed by atoms with Gasteiger partial charge in [0.25, 0.3) is 0 Å². The average molecular weight is 244 g/mol. The quantitative estimate of drug-likeness (QED) is 0.523. The zero-order valence-electron chi connectivity index (χ0n) is 7.90. The van der Waals surface area contributed by atoms with E-state index in [1.807, 2.05) is 0 Å². The summed E-state index contributed by atoms with van der Waals surface area (Å²) in [7, 11) is 1.48. The summed E-state index contributed by atoms with van der Waals surface area (Å²) in [6, 6.07) is 2.70. The molecule has 5 heteroatoms. The molecule has 0 unspecified atom stereocenters. The molecule has 0 spiro atoms. The van der Waals surface area contributed by atoms with Gasteiger partial charge in [-0.3, -0.25) is 0 Å². The Morgan fingerprint density at radius 3 is 2.67 bits per heavy atom. The minimum absolute atomic E-state index is 0. The second-order valence-corrected chi connectivity index (χ2v) is 2.86. The van der Waals surface area contributed by atoms with Crippen molar-refractivity contribution in [3.8, 4) is 5.75 Å². The van der Waals surface area contributed by atoms with Crippen LogP contribution < -0.4 is 40.0 Å². The number of hydrogen-bond donors (Lipinski definition) is 1. The third-order valence-corrected chi connectivity index (χ3v) is 1.88. The van der Waals surface area contributed by atoms with Gasteiger partial charge in [-0.15, -0.1) is 0 Å². The van der Waals surface area contributed by atoms with E-state index in [4.69, 9.17) is 10.5 Å². The number of methoxy groups -OCH3 is 1. The standard InChI is InChI=1S/C7H7BrFNO.Na.H/c1-11-7-2-4(8)5(9)3-6(7)10;;/h2-3H,10H2,1H3;;/q;+1;-1. The van der Waals surface area contributed by atoms with Crippen LogP contribution in [-0.4, -0.2) is 7.11 Å². The van der Waals surface area contributed by atoms with Gasteiger partial charge in [-0.05, 0) is 22.0 Å². The van der Waals surface area contributed by atoms with Gasteiger partial charge in [0, 0.05) is 6.07 Å². The van der Waals surface area contributed by atoms with Crippen molar-refractivity contribution in [3.63, 3.8) is 0 Å². The van der Waals surface area contributed by atoms with Crippen LogP contribution in [0.3, 0.4) is 0 Å². The predicted octanol–water partition coefficient (Wildman–Crippen LogP) is -0.705. The summed E-state index contributed by atoms with van der Waals surface area (Å²) in [5, 5.41) is 0. The van der Waals surface area contributed by atoms with E-state index >= 15 is 0 Å². The minimum Gasteiger partial charge on any atom is -1.00 e. The summed E-state index contributed by atoms with van der Waals surface area (Å²) in [4.78, 5) is 0. The number of nitrogen functional groups attached to an aromatic ring is 1. The van der Waals surface area contributed by atoms with Gasteiger partial charge in [0.2, 0.25) is 0 Å². The van der Waals surface area contributed by atoms with Gasteiger partial charge in [0.05, 0.1) is 17.3 Å². The van der Waals surface area contributed by atoms with Crippen molar-refractivity contribution in [2.45, 2.75) is 0 Å². The topological polar surface area (TPSA) is 35.2 Å². The molecule has 62 valence electrons. The van der Waals surface area contributed by atoms with Crippen LogP contribution in [-0.2, 0) is 0 Å². The molecule has 0 aliphatic carbocycles. The number of halogens is 2. The number of nitrogens with two attached hydrogens (primary N) is 1. The first-order valence-corrected chi connectivity index (χ1v) is 3.73. The smallest absolute Gasteiger partial charge is 1.00 e. The van der Waals surface area contributed by atoms with Crippen molar-refractivity contribution in [3.05, 3.63) is 22.4 Å². The van der Waals surface area contributed by atoms with Gasteiger partial charge in [0.1, 0.15) is 11.6 Å². The van der Waals surface area contributed by atoms with Crippen molar-refractivity contribution < 1.29 is 40.1 Å². The van der Waals surface area contributed by atoms with Gasteiger partial charge in [-0.25, -0.2) is 4.39 Å². The number of hydrogen-bond acceptors (Lipinski definition) is 2. The molecule has 0 heterocycles. The molecule has 0 atom stereocenters. The first-order valence-electron chi connectivity index (χ1n) is 2.93. The Balaban J connectivity index is 0. The van der Waals surface area contributed by atoms with Crippen LogP contribution >= 0.6 is 15.9 Å². The number of benzene rings is 1. The molecular formula is C7H8BrFNNaO. The molecule has 0 aromatic heterocycles. The molecule has 1 rings (SSSR count). The van der Waals surface area contributed by atoms with E-state index in [0.29, 0.717) is 15.9 Å². The fraction of sp³-hybridized carbons (Fsp3) is 0.143. The van der Waals surface area contributed by atoms with Crippen molar-refractivity contribution in [1.29, 1.82) is 0 Å². The van der Waals surface area contributed by atoms with Gasteiger partial charge >= 0.3 is 29.6 Å². The summed E-state index contributed by atoms with van der Waals surface area (Å²) in [5.74, 6) is 0.0848. The molecule has 0 aliphatic heterocycles. The van der Waals surface area contributed by atoms with Crippen LogP contribution in [0.4, 0.5) is 10.1 Å². The van der Waals surface area contributed by atoms with Crippen molar-refractivity contribution in [2.75, 3.05) is 12.8 Å². The summed E-state index contributed by atoms with van der Waals surface area (Å²) in [6.07, 6.45) is 0. The first-order chi connectivity index (χ1) is 5.15. The number of anilines is 1. The van der Waals surface area contributed by atoms with Crippen LogP contribution in [0.25, 0.3) is 0 Å². The fourth-order valence-electron chi connectivity index (χ4n) is 0.721. The van der Waals surface area contributed by atoms with E-state index in [1.54, 1.807) is 0 Å². The summed E-state index contributed by atoms with van der Waals surface area (Å²) >= 11 is 3.01. The first kappa shape index (κ1) is 12.2. The summed E-state index contributed by atoms with van der Waals surface area (Å²) in [6.45, 7) is 0. The Labute approximate surface area is 102 Å². The molecule has 0 amide bonds. The van der Waals surface area contributed by atoms with Crippen LogP contribution in [0.1, 0.15) is 1.43 Å². The van der Waals surface area contributed by atoms with E-state index in [-0.39, 0.29) is 36.8 Å². The second kappa shape index (κ2) is 5.07. The van der Waals surface area contributed by atoms with Crippen LogP contribution in [0, 0.1) is 5.82 Å². The SMILES string of the molecule is COc1cc(Br)c(F)cc1N.[H-].[Na+]. The van der Waals surface area contributed by atoms with E-state index in [0.717, 1.165) is 0 Å². The van der Waals surface area contributed by atoms with Gasteiger partial charge in [-0.2, -0.15) is 0 Å². The van der Waals surface area contributed by atoms with Gasteiger partial charge in [0.15, 0.2) is 0 Å². The van der Waals surface area contributed by atoms with E-state index in [2.05, 4.69) is 15.9 Å². The van der Waals surface area contributed by atoms with Gasteiger partial charge in [-0.1, -0.05) is 0 Å². The molecule has 1 aromatic rings. The van der Waals surface area contributed by atoms with E-state index < -0.39 is 0 Å². The molecule has 0 aliphatic rings.